The van der Waals surface area contributed by atoms with Gasteiger partial charge in [0, 0.05) is 17.0 Å². The van der Waals surface area contributed by atoms with Crippen molar-refractivity contribution in [2.24, 2.45) is 0 Å². The van der Waals surface area contributed by atoms with Crippen LogP contribution in [-0.4, -0.2) is 35.0 Å². The Hall–Kier alpha value is -2.34. The molecule has 1 saturated heterocycles. The first-order chi connectivity index (χ1) is 10.7. The molecule has 2 aromatic heterocycles. The summed E-state index contributed by atoms with van der Waals surface area (Å²) in [5.74, 6) is 0.664. The Morgan fingerprint density at radius 3 is 3.00 bits per heavy atom. The third-order valence-corrected chi connectivity index (χ3v) is 4.46. The SMILES string of the molecule is Cc1oc2ccccc2c1C(=O)N1CC(Oc2nccs2)C1. The number of rotatable bonds is 3. The van der Waals surface area contributed by atoms with Crippen molar-refractivity contribution < 1.29 is 13.9 Å². The number of hydrogen-bond acceptors (Lipinski definition) is 5. The molecule has 0 unspecified atom stereocenters. The van der Waals surface area contributed by atoms with Crippen LogP contribution in [-0.2, 0) is 0 Å². The van der Waals surface area contributed by atoms with Crippen LogP contribution in [0.15, 0.2) is 40.3 Å². The van der Waals surface area contributed by atoms with Gasteiger partial charge in [0.05, 0.1) is 18.7 Å². The molecule has 0 radical (unpaired) electrons. The Labute approximate surface area is 131 Å². The third kappa shape index (κ3) is 2.16. The number of nitrogens with zero attached hydrogens (tertiary/aromatic N) is 2. The zero-order valence-corrected chi connectivity index (χ0v) is 12.8. The number of furan rings is 1. The summed E-state index contributed by atoms with van der Waals surface area (Å²) in [6, 6.07) is 7.62. The van der Waals surface area contributed by atoms with Gasteiger partial charge in [0.2, 0.25) is 0 Å². The maximum absolute atomic E-state index is 12.7. The molecule has 0 spiro atoms. The molecule has 3 heterocycles. The number of benzene rings is 1. The number of hydrogen-bond donors (Lipinski definition) is 0. The van der Waals surface area contributed by atoms with E-state index in [4.69, 9.17) is 9.15 Å². The van der Waals surface area contributed by atoms with Gasteiger partial charge in [-0.05, 0) is 13.0 Å². The van der Waals surface area contributed by atoms with E-state index < -0.39 is 0 Å². The maximum Gasteiger partial charge on any atom is 0.273 e. The Morgan fingerprint density at radius 2 is 2.23 bits per heavy atom. The van der Waals surface area contributed by atoms with E-state index in [0.717, 1.165) is 11.0 Å². The van der Waals surface area contributed by atoms with Crippen LogP contribution in [0.2, 0.25) is 0 Å². The predicted octanol–water partition coefficient (Wildman–Crippen LogP) is 3.10. The second kappa shape index (κ2) is 5.14. The number of ether oxygens (including phenoxy) is 1. The average molecular weight is 314 g/mol. The van der Waals surface area contributed by atoms with E-state index in [2.05, 4.69) is 4.98 Å². The van der Waals surface area contributed by atoms with Gasteiger partial charge in [0.1, 0.15) is 17.4 Å². The van der Waals surface area contributed by atoms with Crippen LogP contribution in [0.5, 0.6) is 5.19 Å². The quantitative estimate of drug-likeness (QED) is 0.745. The second-order valence-electron chi connectivity index (χ2n) is 5.28. The minimum atomic E-state index is 0.00133. The first-order valence-corrected chi connectivity index (χ1v) is 7.94. The largest absolute Gasteiger partial charge is 0.463 e. The molecule has 5 nitrogen and oxygen atoms in total. The maximum atomic E-state index is 12.7. The van der Waals surface area contributed by atoms with Gasteiger partial charge in [-0.15, -0.1) is 0 Å². The van der Waals surface area contributed by atoms with Crippen molar-refractivity contribution in [2.75, 3.05) is 13.1 Å². The van der Waals surface area contributed by atoms with Gasteiger partial charge in [-0.3, -0.25) is 4.79 Å². The molecule has 0 saturated carbocycles. The average Bonchev–Trinajstić information content (AvgIpc) is 3.07. The van der Waals surface area contributed by atoms with Gasteiger partial charge >= 0.3 is 0 Å². The number of thiazole rings is 1. The molecule has 0 atom stereocenters. The minimum Gasteiger partial charge on any atom is -0.463 e. The van der Waals surface area contributed by atoms with Crippen LogP contribution >= 0.6 is 11.3 Å². The lowest BCUT2D eigenvalue weighted by Crippen LogP contribution is -2.56. The number of amides is 1. The Morgan fingerprint density at radius 1 is 1.41 bits per heavy atom. The van der Waals surface area contributed by atoms with Crippen LogP contribution in [0.1, 0.15) is 16.1 Å². The summed E-state index contributed by atoms with van der Waals surface area (Å²) < 4.78 is 11.4. The fraction of sp³-hybridized carbons (Fsp3) is 0.250. The van der Waals surface area contributed by atoms with E-state index >= 15 is 0 Å². The van der Waals surface area contributed by atoms with E-state index in [0.29, 0.717) is 29.6 Å². The van der Waals surface area contributed by atoms with Crippen LogP contribution in [0.4, 0.5) is 0 Å². The summed E-state index contributed by atoms with van der Waals surface area (Å²) in [5.41, 5.74) is 1.41. The minimum absolute atomic E-state index is 0.00133. The topological polar surface area (TPSA) is 55.6 Å². The van der Waals surface area contributed by atoms with E-state index in [1.54, 1.807) is 11.1 Å². The summed E-state index contributed by atoms with van der Waals surface area (Å²) in [6.45, 7) is 2.99. The summed E-state index contributed by atoms with van der Waals surface area (Å²) >= 11 is 1.46. The van der Waals surface area contributed by atoms with Crippen LogP contribution < -0.4 is 4.74 Å². The highest BCUT2D eigenvalue weighted by atomic mass is 32.1. The predicted molar refractivity (Wildman–Crippen MR) is 83.4 cm³/mol. The molecule has 22 heavy (non-hydrogen) atoms. The lowest BCUT2D eigenvalue weighted by atomic mass is 10.1. The van der Waals surface area contributed by atoms with Crippen LogP contribution in [0.25, 0.3) is 11.0 Å². The van der Waals surface area contributed by atoms with Crippen molar-refractivity contribution in [3.8, 4) is 5.19 Å². The second-order valence-corrected chi connectivity index (χ2v) is 6.13. The fourth-order valence-corrected chi connectivity index (χ4v) is 3.23. The molecule has 1 aromatic carbocycles. The van der Waals surface area contributed by atoms with Crippen LogP contribution in [0, 0.1) is 6.92 Å². The Balaban J connectivity index is 1.50. The summed E-state index contributed by atoms with van der Waals surface area (Å²) in [7, 11) is 0. The van der Waals surface area contributed by atoms with Crippen LogP contribution in [0.3, 0.4) is 0 Å². The highest BCUT2D eigenvalue weighted by Gasteiger charge is 2.35. The zero-order valence-electron chi connectivity index (χ0n) is 12.0. The molecular formula is C16H14N2O3S. The number of aromatic nitrogens is 1. The molecule has 1 aliphatic rings. The number of para-hydroxylation sites is 1. The smallest absolute Gasteiger partial charge is 0.273 e. The van der Waals surface area contributed by atoms with Gasteiger partial charge in [-0.2, -0.15) is 0 Å². The van der Waals surface area contributed by atoms with Gasteiger partial charge < -0.3 is 14.1 Å². The number of carbonyl (C=O) groups is 1. The lowest BCUT2D eigenvalue weighted by molar-refractivity contribution is 0.0177. The van der Waals surface area contributed by atoms with Crippen molar-refractivity contribution in [1.82, 2.24) is 9.88 Å². The Kier molecular flexibility index (Phi) is 3.11. The molecular weight excluding hydrogens is 300 g/mol. The molecule has 112 valence electrons. The van der Waals surface area contributed by atoms with E-state index in [1.165, 1.54) is 11.3 Å². The Bertz CT molecular complexity index is 819. The highest BCUT2D eigenvalue weighted by Crippen LogP contribution is 2.28. The molecule has 3 aromatic rings. The molecule has 0 N–H and O–H groups in total. The lowest BCUT2D eigenvalue weighted by Gasteiger charge is -2.38. The molecule has 0 bridgehead atoms. The first kappa shape index (κ1) is 13.3. The van der Waals surface area contributed by atoms with E-state index in [-0.39, 0.29) is 12.0 Å². The van der Waals surface area contributed by atoms with Crippen molar-refractivity contribution in [2.45, 2.75) is 13.0 Å². The molecule has 4 rings (SSSR count). The van der Waals surface area contributed by atoms with Crippen molar-refractivity contribution >= 4 is 28.2 Å². The standard InChI is InChI=1S/C16H14N2O3S/c1-10-14(12-4-2-3-5-13(12)20-10)15(19)18-8-11(9-18)21-16-17-6-7-22-16/h2-7,11H,8-9H2,1H3. The number of carbonyl (C=O) groups excluding carboxylic acids is 1. The van der Waals surface area contributed by atoms with Gasteiger partial charge in [-0.1, -0.05) is 29.5 Å². The van der Waals surface area contributed by atoms with Gasteiger partial charge in [0.25, 0.3) is 11.1 Å². The number of aryl methyl sites for hydroxylation is 1. The highest BCUT2D eigenvalue weighted by molar-refractivity contribution is 7.11. The molecule has 1 fully saturated rings. The van der Waals surface area contributed by atoms with Gasteiger partial charge in [-0.25, -0.2) is 4.98 Å². The molecule has 6 heteroatoms. The van der Waals surface area contributed by atoms with Crippen molar-refractivity contribution in [1.29, 1.82) is 0 Å². The monoisotopic (exact) mass is 314 g/mol. The van der Waals surface area contributed by atoms with E-state index in [1.807, 2.05) is 36.6 Å². The molecule has 0 aliphatic carbocycles. The summed E-state index contributed by atoms with van der Waals surface area (Å²) in [4.78, 5) is 18.5. The number of likely N-dealkylation sites (tertiary alicyclic amines) is 1. The van der Waals surface area contributed by atoms with E-state index in [9.17, 15) is 4.79 Å². The number of fused-ring (bicyclic) bond motifs is 1. The fourth-order valence-electron chi connectivity index (χ4n) is 2.68. The van der Waals surface area contributed by atoms with Crippen molar-refractivity contribution in [3.05, 3.63) is 47.2 Å². The first-order valence-electron chi connectivity index (χ1n) is 7.06. The summed E-state index contributed by atoms with van der Waals surface area (Å²) in [6.07, 6.45) is 1.73. The third-order valence-electron chi connectivity index (χ3n) is 3.80. The zero-order chi connectivity index (χ0) is 15.1. The van der Waals surface area contributed by atoms with Gasteiger partial charge in [0.15, 0.2) is 0 Å². The normalized spacial score (nSPS) is 15.0. The summed E-state index contributed by atoms with van der Waals surface area (Å²) in [5, 5.41) is 3.40. The molecule has 1 aliphatic heterocycles. The van der Waals surface area contributed by atoms with Crippen molar-refractivity contribution in [3.63, 3.8) is 0 Å². The molecule has 1 amide bonds.